The minimum atomic E-state index is -4.46. The molecule has 0 heterocycles. The van der Waals surface area contributed by atoms with Crippen LogP contribution in [-0.2, 0) is 6.18 Å². The number of aryl methyl sites for hydroxylation is 1. The van der Waals surface area contributed by atoms with Crippen LogP contribution >= 0.6 is 0 Å². The molecule has 0 saturated heterocycles. The van der Waals surface area contributed by atoms with Gasteiger partial charge in [-0.15, -0.1) is 0 Å². The lowest BCUT2D eigenvalue weighted by Gasteiger charge is -2.10. The maximum atomic E-state index is 12.2. The van der Waals surface area contributed by atoms with Gasteiger partial charge in [-0.3, -0.25) is 0 Å². The summed E-state index contributed by atoms with van der Waals surface area (Å²) in [7, 11) is -1.88. The maximum Gasteiger partial charge on any atom is 0.488 e. The van der Waals surface area contributed by atoms with Crippen LogP contribution in [0.5, 0.6) is 0 Å². The molecule has 1 aromatic carbocycles. The van der Waals surface area contributed by atoms with E-state index in [1.807, 2.05) is 0 Å². The second kappa shape index (κ2) is 3.63. The summed E-state index contributed by atoms with van der Waals surface area (Å²) in [4.78, 5) is 0. The van der Waals surface area contributed by atoms with E-state index in [-0.39, 0.29) is 5.46 Å². The van der Waals surface area contributed by atoms with Crippen molar-refractivity contribution in [2.75, 3.05) is 0 Å². The average Bonchev–Trinajstić information content (AvgIpc) is 2.02. The lowest BCUT2D eigenvalue weighted by molar-refractivity contribution is -0.137. The highest BCUT2D eigenvalue weighted by Gasteiger charge is 2.31. The molecule has 1 aromatic rings. The molecule has 0 bridgehead atoms. The Balaban J connectivity index is 3.20. The Bertz CT molecular complexity index is 336. The monoisotopic (exact) mass is 204 g/mol. The summed E-state index contributed by atoms with van der Waals surface area (Å²) in [6.07, 6.45) is -4.46. The van der Waals surface area contributed by atoms with Crippen LogP contribution in [-0.4, -0.2) is 17.2 Å². The van der Waals surface area contributed by atoms with E-state index in [1.165, 1.54) is 13.0 Å². The predicted octanol–water partition coefficient (Wildman–Crippen LogP) is 0.694. The van der Waals surface area contributed by atoms with Crippen molar-refractivity contribution in [3.05, 3.63) is 29.3 Å². The van der Waals surface area contributed by atoms with Gasteiger partial charge in [0.15, 0.2) is 0 Å². The second-order valence-corrected chi connectivity index (χ2v) is 2.94. The van der Waals surface area contributed by atoms with Gasteiger partial charge in [-0.2, -0.15) is 13.2 Å². The number of halogens is 3. The van der Waals surface area contributed by atoms with E-state index in [0.29, 0.717) is 5.56 Å². The van der Waals surface area contributed by atoms with Crippen LogP contribution in [0.2, 0.25) is 0 Å². The lowest BCUT2D eigenvalue weighted by Crippen LogP contribution is -2.33. The summed E-state index contributed by atoms with van der Waals surface area (Å²) in [6, 6.07) is 2.85. The van der Waals surface area contributed by atoms with Gasteiger partial charge in [0.25, 0.3) is 0 Å². The zero-order valence-corrected chi connectivity index (χ0v) is 7.34. The molecule has 0 saturated carbocycles. The van der Waals surface area contributed by atoms with Crippen LogP contribution in [0, 0.1) is 6.92 Å². The molecule has 0 aliphatic heterocycles. The van der Waals surface area contributed by atoms with Gasteiger partial charge < -0.3 is 10.0 Å². The molecule has 0 unspecified atom stereocenters. The molecule has 76 valence electrons. The molecule has 0 spiro atoms. The van der Waals surface area contributed by atoms with Gasteiger partial charge in [-0.25, -0.2) is 0 Å². The fraction of sp³-hybridized carbons (Fsp3) is 0.250. The minimum Gasteiger partial charge on any atom is -0.423 e. The highest BCUT2D eigenvalue weighted by atomic mass is 19.4. The summed E-state index contributed by atoms with van der Waals surface area (Å²) in [5.41, 5.74) is -0.598. The lowest BCUT2D eigenvalue weighted by atomic mass is 9.76. The SMILES string of the molecule is Cc1ccc(C(F)(F)F)cc1B(O)O. The molecule has 14 heavy (non-hydrogen) atoms. The zero-order valence-electron chi connectivity index (χ0n) is 7.34. The van der Waals surface area contributed by atoms with E-state index in [0.717, 1.165) is 12.1 Å². The first-order valence-electron chi connectivity index (χ1n) is 3.86. The normalized spacial score (nSPS) is 11.6. The van der Waals surface area contributed by atoms with E-state index >= 15 is 0 Å². The summed E-state index contributed by atoms with van der Waals surface area (Å²) in [6.45, 7) is 1.51. The van der Waals surface area contributed by atoms with Gasteiger partial charge in [-0.1, -0.05) is 17.7 Å². The van der Waals surface area contributed by atoms with Crippen molar-refractivity contribution in [2.45, 2.75) is 13.1 Å². The van der Waals surface area contributed by atoms with Crippen molar-refractivity contribution in [3.8, 4) is 0 Å². The molecule has 0 aliphatic carbocycles. The van der Waals surface area contributed by atoms with Gasteiger partial charge in [0.1, 0.15) is 0 Å². The van der Waals surface area contributed by atoms with Crippen molar-refractivity contribution in [2.24, 2.45) is 0 Å². The minimum absolute atomic E-state index is 0.125. The van der Waals surface area contributed by atoms with E-state index in [4.69, 9.17) is 10.0 Å². The molecule has 0 fully saturated rings. The molecule has 6 heteroatoms. The third-order valence-electron chi connectivity index (χ3n) is 1.88. The summed E-state index contributed by atoms with van der Waals surface area (Å²) >= 11 is 0. The van der Waals surface area contributed by atoms with Crippen molar-refractivity contribution >= 4 is 12.6 Å². The Hall–Kier alpha value is -1.01. The molecule has 0 amide bonds. The van der Waals surface area contributed by atoms with E-state index in [2.05, 4.69) is 0 Å². The topological polar surface area (TPSA) is 40.5 Å². The highest BCUT2D eigenvalue weighted by Crippen LogP contribution is 2.28. The molecular weight excluding hydrogens is 196 g/mol. The Morgan fingerprint density at radius 1 is 1.21 bits per heavy atom. The quantitative estimate of drug-likeness (QED) is 0.660. The average molecular weight is 204 g/mol. The van der Waals surface area contributed by atoms with Gasteiger partial charge in [-0.05, 0) is 18.5 Å². The third-order valence-corrected chi connectivity index (χ3v) is 1.88. The van der Waals surface area contributed by atoms with Gasteiger partial charge >= 0.3 is 13.3 Å². The Morgan fingerprint density at radius 3 is 2.21 bits per heavy atom. The smallest absolute Gasteiger partial charge is 0.423 e. The fourth-order valence-electron chi connectivity index (χ4n) is 1.09. The van der Waals surface area contributed by atoms with Gasteiger partial charge in [0.05, 0.1) is 5.56 Å². The van der Waals surface area contributed by atoms with E-state index < -0.39 is 18.9 Å². The fourth-order valence-corrected chi connectivity index (χ4v) is 1.09. The van der Waals surface area contributed by atoms with Crippen molar-refractivity contribution < 1.29 is 23.2 Å². The van der Waals surface area contributed by atoms with Crippen molar-refractivity contribution in [3.63, 3.8) is 0 Å². The molecule has 1 rings (SSSR count). The molecule has 2 nitrogen and oxygen atoms in total. The number of rotatable bonds is 1. The van der Waals surface area contributed by atoms with Gasteiger partial charge in [0.2, 0.25) is 0 Å². The first-order valence-corrected chi connectivity index (χ1v) is 3.86. The maximum absolute atomic E-state index is 12.2. The molecule has 0 aliphatic rings. The molecule has 0 atom stereocenters. The number of hydrogen-bond donors (Lipinski definition) is 2. The van der Waals surface area contributed by atoms with Crippen LogP contribution in [0.4, 0.5) is 13.2 Å². The Morgan fingerprint density at radius 2 is 1.79 bits per heavy atom. The van der Waals surface area contributed by atoms with Crippen molar-refractivity contribution in [1.29, 1.82) is 0 Å². The zero-order chi connectivity index (χ0) is 10.9. The van der Waals surface area contributed by atoms with E-state index in [9.17, 15) is 13.2 Å². The van der Waals surface area contributed by atoms with Crippen LogP contribution in [0.25, 0.3) is 0 Å². The van der Waals surface area contributed by atoms with Gasteiger partial charge in [0, 0.05) is 0 Å². The standard InChI is InChI=1S/C8H8BF3O2/c1-5-2-3-6(8(10,11)12)4-7(5)9(13)14/h2-4,13-14H,1H3. The second-order valence-electron chi connectivity index (χ2n) is 2.94. The molecule has 0 radical (unpaired) electrons. The largest absolute Gasteiger partial charge is 0.488 e. The highest BCUT2D eigenvalue weighted by molar-refractivity contribution is 6.59. The number of alkyl halides is 3. The predicted molar refractivity (Wildman–Crippen MR) is 46.0 cm³/mol. The third kappa shape index (κ3) is 2.27. The van der Waals surface area contributed by atoms with E-state index in [1.54, 1.807) is 0 Å². The van der Waals surface area contributed by atoms with Crippen LogP contribution in [0.3, 0.4) is 0 Å². The first-order chi connectivity index (χ1) is 6.32. The Kier molecular flexibility index (Phi) is 2.87. The molecular formula is C8H8BF3O2. The summed E-state index contributed by atoms with van der Waals surface area (Å²) < 4.78 is 36.6. The van der Waals surface area contributed by atoms with Crippen LogP contribution < -0.4 is 5.46 Å². The Labute approximate surface area is 79.1 Å². The molecule has 2 N–H and O–H groups in total. The molecule has 0 aromatic heterocycles. The van der Waals surface area contributed by atoms with Crippen molar-refractivity contribution in [1.82, 2.24) is 0 Å². The summed E-state index contributed by atoms with van der Waals surface area (Å²) in [5, 5.41) is 17.6. The summed E-state index contributed by atoms with van der Waals surface area (Å²) in [5.74, 6) is 0. The first kappa shape index (κ1) is 11.1. The van der Waals surface area contributed by atoms with Crippen LogP contribution in [0.1, 0.15) is 11.1 Å². The number of benzene rings is 1. The van der Waals surface area contributed by atoms with Crippen LogP contribution in [0.15, 0.2) is 18.2 Å². The number of hydrogen-bond acceptors (Lipinski definition) is 2.